The summed E-state index contributed by atoms with van der Waals surface area (Å²) in [6.07, 6.45) is 1.68. The molecule has 100 valence electrons. The summed E-state index contributed by atoms with van der Waals surface area (Å²) in [4.78, 5) is 17.4. The molecule has 1 aromatic carbocycles. The fourth-order valence-electron chi connectivity index (χ4n) is 1.48. The molecule has 0 saturated carbocycles. The SMILES string of the molecule is Cc1ccc(SC(C)(C)C(=O)Nc2nccs2)cc1. The van der Waals surface area contributed by atoms with Gasteiger partial charge in [-0.1, -0.05) is 17.7 Å². The van der Waals surface area contributed by atoms with Crippen LogP contribution in [0.4, 0.5) is 5.13 Å². The zero-order valence-electron chi connectivity index (χ0n) is 11.1. The Kier molecular flexibility index (Phi) is 4.27. The molecular formula is C14H16N2OS2. The third kappa shape index (κ3) is 3.81. The van der Waals surface area contributed by atoms with Crippen molar-refractivity contribution in [2.45, 2.75) is 30.4 Å². The first-order chi connectivity index (χ1) is 8.97. The third-order valence-corrected chi connectivity index (χ3v) is 4.49. The average molecular weight is 292 g/mol. The minimum Gasteiger partial charge on any atom is -0.301 e. The minimum absolute atomic E-state index is 0.0342. The molecule has 19 heavy (non-hydrogen) atoms. The van der Waals surface area contributed by atoms with Crippen LogP contribution in [0.5, 0.6) is 0 Å². The van der Waals surface area contributed by atoms with Crippen molar-refractivity contribution >= 4 is 34.1 Å². The van der Waals surface area contributed by atoms with E-state index in [0.717, 1.165) is 4.90 Å². The highest BCUT2D eigenvalue weighted by Gasteiger charge is 2.29. The number of rotatable bonds is 4. The molecule has 0 saturated heterocycles. The van der Waals surface area contributed by atoms with Crippen LogP contribution in [0.3, 0.4) is 0 Å². The Hall–Kier alpha value is -1.33. The molecule has 0 bridgehead atoms. The van der Waals surface area contributed by atoms with E-state index in [9.17, 15) is 4.79 Å². The van der Waals surface area contributed by atoms with Gasteiger partial charge in [0, 0.05) is 16.5 Å². The van der Waals surface area contributed by atoms with Crippen LogP contribution >= 0.6 is 23.1 Å². The molecular weight excluding hydrogens is 276 g/mol. The van der Waals surface area contributed by atoms with Crippen molar-refractivity contribution in [3.05, 3.63) is 41.4 Å². The number of carbonyl (C=O) groups is 1. The van der Waals surface area contributed by atoms with E-state index in [1.807, 2.05) is 31.4 Å². The van der Waals surface area contributed by atoms with Crippen LogP contribution in [0.15, 0.2) is 40.7 Å². The fourth-order valence-corrected chi connectivity index (χ4v) is 3.01. The van der Waals surface area contributed by atoms with Crippen LogP contribution in [0.2, 0.25) is 0 Å². The number of carbonyl (C=O) groups excluding carboxylic acids is 1. The number of nitrogens with one attached hydrogen (secondary N) is 1. The van der Waals surface area contributed by atoms with Crippen molar-refractivity contribution in [1.82, 2.24) is 4.98 Å². The Morgan fingerprint density at radius 2 is 2.00 bits per heavy atom. The van der Waals surface area contributed by atoms with E-state index >= 15 is 0 Å². The first-order valence-corrected chi connectivity index (χ1v) is 7.63. The van der Waals surface area contributed by atoms with Crippen molar-refractivity contribution in [2.75, 3.05) is 5.32 Å². The lowest BCUT2D eigenvalue weighted by Crippen LogP contribution is -2.33. The molecule has 2 aromatic rings. The summed E-state index contributed by atoms with van der Waals surface area (Å²) < 4.78 is -0.541. The molecule has 3 nitrogen and oxygen atoms in total. The second kappa shape index (κ2) is 5.75. The molecule has 1 amide bonds. The number of aromatic nitrogens is 1. The molecule has 0 aliphatic rings. The molecule has 0 aliphatic carbocycles. The maximum absolute atomic E-state index is 12.2. The Morgan fingerprint density at radius 3 is 2.58 bits per heavy atom. The van der Waals surface area contributed by atoms with E-state index in [1.165, 1.54) is 16.9 Å². The highest BCUT2D eigenvalue weighted by molar-refractivity contribution is 8.01. The normalized spacial score (nSPS) is 11.3. The molecule has 5 heteroatoms. The van der Waals surface area contributed by atoms with Gasteiger partial charge in [0.2, 0.25) is 5.91 Å². The number of thiazole rings is 1. The lowest BCUT2D eigenvalue weighted by Gasteiger charge is -2.22. The van der Waals surface area contributed by atoms with Crippen LogP contribution in [0.1, 0.15) is 19.4 Å². The third-order valence-electron chi connectivity index (χ3n) is 2.59. The number of anilines is 1. The lowest BCUT2D eigenvalue weighted by molar-refractivity contribution is -0.117. The monoisotopic (exact) mass is 292 g/mol. The predicted octanol–water partition coefficient (Wildman–Crippen LogP) is 3.96. The van der Waals surface area contributed by atoms with Gasteiger partial charge in [0.05, 0.1) is 4.75 Å². The van der Waals surface area contributed by atoms with Crippen LogP contribution in [-0.2, 0) is 4.79 Å². The summed E-state index contributed by atoms with van der Waals surface area (Å²) in [6, 6.07) is 8.19. The van der Waals surface area contributed by atoms with Gasteiger partial charge in [0.15, 0.2) is 5.13 Å². The molecule has 1 aromatic heterocycles. The second-order valence-electron chi connectivity index (χ2n) is 4.72. The summed E-state index contributed by atoms with van der Waals surface area (Å²) in [7, 11) is 0. The number of aryl methyl sites for hydroxylation is 1. The molecule has 0 radical (unpaired) electrons. The standard InChI is InChI=1S/C14H16N2OS2/c1-10-4-6-11(7-5-10)19-14(2,3)12(17)16-13-15-8-9-18-13/h4-9H,1-3H3,(H,15,16,17). The first-order valence-electron chi connectivity index (χ1n) is 5.94. The Bertz CT molecular complexity index is 547. The molecule has 1 N–H and O–H groups in total. The molecule has 0 aliphatic heterocycles. The molecule has 0 unspecified atom stereocenters. The first kappa shape index (κ1) is 14.1. The summed E-state index contributed by atoms with van der Waals surface area (Å²) in [6.45, 7) is 5.88. The van der Waals surface area contributed by atoms with Crippen molar-refractivity contribution in [3.8, 4) is 0 Å². The van der Waals surface area contributed by atoms with Gasteiger partial charge in [-0.3, -0.25) is 4.79 Å². The molecule has 0 fully saturated rings. The Balaban J connectivity index is 2.04. The number of hydrogen-bond donors (Lipinski definition) is 1. The topological polar surface area (TPSA) is 42.0 Å². The summed E-state index contributed by atoms with van der Waals surface area (Å²) >= 11 is 2.97. The highest BCUT2D eigenvalue weighted by atomic mass is 32.2. The van der Waals surface area contributed by atoms with E-state index in [4.69, 9.17) is 0 Å². The van der Waals surface area contributed by atoms with Gasteiger partial charge in [0.25, 0.3) is 0 Å². The van der Waals surface area contributed by atoms with Crippen LogP contribution in [0, 0.1) is 6.92 Å². The van der Waals surface area contributed by atoms with Gasteiger partial charge in [-0.25, -0.2) is 4.98 Å². The fraction of sp³-hybridized carbons (Fsp3) is 0.286. The largest absolute Gasteiger partial charge is 0.301 e. The zero-order valence-corrected chi connectivity index (χ0v) is 12.8. The lowest BCUT2D eigenvalue weighted by atomic mass is 10.2. The summed E-state index contributed by atoms with van der Waals surface area (Å²) in [5.41, 5.74) is 1.22. The molecule has 0 atom stereocenters. The quantitative estimate of drug-likeness (QED) is 0.867. The number of thioether (sulfide) groups is 1. The highest BCUT2D eigenvalue weighted by Crippen LogP contribution is 2.33. The van der Waals surface area contributed by atoms with Crippen LogP contribution < -0.4 is 5.32 Å². The zero-order chi connectivity index (χ0) is 13.9. The van der Waals surface area contributed by atoms with E-state index < -0.39 is 4.75 Å². The van der Waals surface area contributed by atoms with Crippen molar-refractivity contribution in [1.29, 1.82) is 0 Å². The van der Waals surface area contributed by atoms with Gasteiger partial charge in [0.1, 0.15) is 0 Å². The summed E-state index contributed by atoms with van der Waals surface area (Å²) in [5.74, 6) is -0.0342. The maximum atomic E-state index is 12.2. The number of nitrogens with zero attached hydrogens (tertiary/aromatic N) is 1. The predicted molar refractivity (Wildman–Crippen MR) is 81.9 cm³/mol. The van der Waals surface area contributed by atoms with E-state index in [1.54, 1.807) is 18.0 Å². The van der Waals surface area contributed by atoms with Gasteiger partial charge in [-0.15, -0.1) is 23.1 Å². The van der Waals surface area contributed by atoms with Gasteiger partial charge in [-0.05, 0) is 32.9 Å². The Morgan fingerprint density at radius 1 is 1.32 bits per heavy atom. The van der Waals surface area contributed by atoms with Crippen LogP contribution in [0.25, 0.3) is 0 Å². The number of benzene rings is 1. The second-order valence-corrected chi connectivity index (χ2v) is 7.31. The van der Waals surface area contributed by atoms with E-state index in [2.05, 4.69) is 29.4 Å². The number of hydrogen-bond acceptors (Lipinski definition) is 4. The van der Waals surface area contributed by atoms with Gasteiger partial charge in [-0.2, -0.15) is 0 Å². The van der Waals surface area contributed by atoms with Crippen molar-refractivity contribution < 1.29 is 4.79 Å². The average Bonchev–Trinajstić information content (AvgIpc) is 2.84. The molecule has 1 heterocycles. The molecule has 2 rings (SSSR count). The van der Waals surface area contributed by atoms with Crippen molar-refractivity contribution in [3.63, 3.8) is 0 Å². The van der Waals surface area contributed by atoms with Gasteiger partial charge >= 0.3 is 0 Å². The number of amides is 1. The van der Waals surface area contributed by atoms with Crippen molar-refractivity contribution in [2.24, 2.45) is 0 Å². The smallest absolute Gasteiger partial charge is 0.242 e. The maximum Gasteiger partial charge on any atom is 0.242 e. The Labute approximate surface area is 121 Å². The molecule has 0 spiro atoms. The van der Waals surface area contributed by atoms with Gasteiger partial charge < -0.3 is 5.32 Å². The summed E-state index contributed by atoms with van der Waals surface area (Å²) in [5, 5.41) is 5.33. The van der Waals surface area contributed by atoms with E-state index in [-0.39, 0.29) is 5.91 Å². The minimum atomic E-state index is -0.541. The van der Waals surface area contributed by atoms with Crippen LogP contribution in [-0.4, -0.2) is 15.6 Å². The van der Waals surface area contributed by atoms with E-state index in [0.29, 0.717) is 5.13 Å².